The van der Waals surface area contributed by atoms with Crippen LogP contribution in [0.3, 0.4) is 0 Å². The van der Waals surface area contributed by atoms with Crippen molar-refractivity contribution >= 4 is 5.91 Å². The van der Waals surface area contributed by atoms with Crippen LogP contribution in [0.25, 0.3) is 0 Å². The summed E-state index contributed by atoms with van der Waals surface area (Å²) in [5, 5.41) is 3.39. The van der Waals surface area contributed by atoms with Crippen molar-refractivity contribution in [2.75, 3.05) is 6.54 Å². The maximum absolute atomic E-state index is 13.5. The molecule has 1 aliphatic rings. The Morgan fingerprint density at radius 3 is 2.71 bits per heavy atom. The van der Waals surface area contributed by atoms with Crippen molar-refractivity contribution in [3.63, 3.8) is 0 Å². The molecular weight excluding hydrogens is 267 g/mol. The number of benzene rings is 1. The van der Waals surface area contributed by atoms with E-state index in [1.165, 1.54) is 12.1 Å². The van der Waals surface area contributed by atoms with E-state index in [1.54, 1.807) is 6.07 Å². The Balaban J connectivity index is 2.29. The third-order valence-corrected chi connectivity index (χ3v) is 4.32. The van der Waals surface area contributed by atoms with Gasteiger partial charge in [0.2, 0.25) is 5.91 Å². The van der Waals surface area contributed by atoms with Gasteiger partial charge in [-0.1, -0.05) is 32.9 Å². The first-order valence-electron chi connectivity index (χ1n) is 7.71. The second-order valence-electron chi connectivity index (χ2n) is 6.47. The summed E-state index contributed by atoms with van der Waals surface area (Å²) in [4.78, 5) is 14.6. The first-order valence-corrected chi connectivity index (χ1v) is 7.71. The van der Waals surface area contributed by atoms with Crippen molar-refractivity contribution < 1.29 is 9.18 Å². The summed E-state index contributed by atoms with van der Waals surface area (Å²) in [6.07, 6.45) is 1.42. The molecule has 116 valence electrons. The Morgan fingerprint density at radius 2 is 2.14 bits per heavy atom. The minimum atomic E-state index is -0.562. The van der Waals surface area contributed by atoms with Gasteiger partial charge >= 0.3 is 0 Å². The Labute approximate surface area is 126 Å². The van der Waals surface area contributed by atoms with Crippen molar-refractivity contribution in [3.05, 3.63) is 35.6 Å². The summed E-state index contributed by atoms with van der Waals surface area (Å²) in [6.45, 7) is 8.91. The van der Waals surface area contributed by atoms with E-state index in [9.17, 15) is 9.18 Å². The van der Waals surface area contributed by atoms with Gasteiger partial charge in [0.25, 0.3) is 0 Å². The van der Waals surface area contributed by atoms with E-state index < -0.39 is 5.54 Å². The van der Waals surface area contributed by atoms with E-state index in [1.807, 2.05) is 24.8 Å². The number of nitrogens with one attached hydrogen (secondary N) is 1. The molecule has 0 aromatic heterocycles. The summed E-state index contributed by atoms with van der Waals surface area (Å²) in [7, 11) is 0. The second-order valence-corrected chi connectivity index (χ2v) is 6.47. The zero-order chi connectivity index (χ0) is 15.6. The lowest BCUT2D eigenvalue weighted by atomic mass is 9.99. The fraction of sp³-hybridized carbons (Fsp3) is 0.588. The standard InChI is InChI=1S/C17H25FN2O/c1-5-17(4)16(21)20(10-9-12(2)3)15(19-17)13-7-6-8-14(18)11-13/h6-8,11-12,15,19H,5,9-10H2,1-4H3. The predicted molar refractivity (Wildman–Crippen MR) is 82.1 cm³/mol. The minimum absolute atomic E-state index is 0.111. The Hall–Kier alpha value is -1.42. The number of hydrogen-bond donors (Lipinski definition) is 1. The summed E-state index contributed by atoms with van der Waals surface area (Å²) in [5.41, 5.74) is 0.248. The van der Waals surface area contributed by atoms with E-state index >= 15 is 0 Å². The molecule has 1 aliphatic heterocycles. The molecule has 21 heavy (non-hydrogen) atoms. The lowest BCUT2D eigenvalue weighted by molar-refractivity contribution is -0.133. The average molecular weight is 292 g/mol. The first kappa shape index (κ1) is 16.0. The van der Waals surface area contributed by atoms with Crippen LogP contribution in [0.1, 0.15) is 52.3 Å². The van der Waals surface area contributed by atoms with Gasteiger partial charge in [-0.2, -0.15) is 0 Å². The molecule has 2 unspecified atom stereocenters. The maximum atomic E-state index is 13.5. The number of rotatable bonds is 5. The summed E-state index contributed by atoms with van der Waals surface area (Å²) < 4.78 is 13.5. The fourth-order valence-corrected chi connectivity index (χ4v) is 2.70. The zero-order valence-electron chi connectivity index (χ0n) is 13.3. The van der Waals surface area contributed by atoms with Crippen LogP contribution < -0.4 is 5.32 Å². The van der Waals surface area contributed by atoms with Gasteiger partial charge in [-0.25, -0.2) is 4.39 Å². The Morgan fingerprint density at radius 1 is 1.43 bits per heavy atom. The van der Waals surface area contributed by atoms with Gasteiger partial charge in [0.15, 0.2) is 0 Å². The van der Waals surface area contributed by atoms with Gasteiger partial charge in [0.1, 0.15) is 12.0 Å². The molecule has 2 rings (SSSR count). The first-order chi connectivity index (χ1) is 9.87. The molecule has 0 radical (unpaired) electrons. The van der Waals surface area contributed by atoms with Crippen LogP contribution in [0, 0.1) is 11.7 Å². The van der Waals surface area contributed by atoms with Gasteiger partial charge in [0, 0.05) is 6.54 Å². The molecular formula is C17H25FN2O. The molecule has 1 aromatic rings. The van der Waals surface area contributed by atoms with Crippen LogP contribution in [-0.2, 0) is 4.79 Å². The van der Waals surface area contributed by atoms with E-state index in [-0.39, 0.29) is 17.9 Å². The number of hydrogen-bond acceptors (Lipinski definition) is 2. The second kappa shape index (κ2) is 6.14. The molecule has 0 spiro atoms. The average Bonchev–Trinajstić information content (AvgIpc) is 2.70. The van der Waals surface area contributed by atoms with E-state index in [2.05, 4.69) is 19.2 Å². The van der Waals surface area contributed by atoms with Gasteiger partial charge < -0.3 is 4.90 Å². The molecule has 0 saturated carbocycles. The SMILES string of the molecule is CCC1(C)NC(c2cccc(F)c2)N(CCC(C)C)C1=O. The van der Waals surface area contributed by atoms with E-state index in [0.717, 1.165) is 18.4 Å². The van der Waals surface area contributed by atoms with Crippen LogP contribution in [0.5, 0.6) is 0 Å². The zero-order valence-corrected chi connectivity index (χ0v) is 13.3. The Kier molecular flexibility index (Phi) is 4.67. The molecule has 1 saturated heterocycles. The highest BCUT2D eigenvalue weighted by molar-refractivity contribution is 5.88. The van der Waals surface area contributed by atoms with E-state index in [0.29, 0.717) is 12.5 Å². The normalized spacial score (nSPS) is 25.9. The largest absolute Gasteiger partial charge is 0.321 e. The lowest BCUT2D eigenvalue weighted by Gasteiger charge is -2.25. The third-order valence-electron chi connectivity index (χ3n) is 4.32. The number of carbonyl (C=O) groups is 1. The molecule has 1 N–H and O–H groups in total. The Bertz CT molecular complexity index is 517. The van der Waals surface area contributed by atoms with Gasteiger partial charge in [-0.15, -0.1) is 0 Å². The number of halogens is 1. The van der Waals surface area contributed by atoms with Crippen molar-refractivity contribution in [1.29, 1.82) is 0 Å². The number of carbonyl (C=O) groups excluding carboxylic acids is 1. The molecule has 1 fully saturated rings. The molecule has 2 atom stereocenters. The monoisotopic (exact) mass is 292 g/mol. The molecule has 1 heterocycles. The van der Waals surface area contributed by atoms with Crippen LogP contribution in [0.2, 0.25) is 0 Å². The van der Waals surface area contributed by atoms with Gasteiger partial charge in [0.05, 0.1) is 5.54 Å². The molecule has 1 amide bonds. The van der Waals surface area contributed by atoms with Crippen molar-refractivity contribution in [1.82, 2.24) is 10.2 Å². The number of amides is 1. The minimum Gasteiger partial charge on any atom is -0.321 e. The van der Waals surface area contributed by atoms with Crippen LogP contribution in [-0.4, -0.2) is 22.9 Å². The highest BCUT2D eigenvalue weighted by Gasteiger charge is 2.46. The molecule has 4 heteroatoms. The lowest BCUT2D eigenvalue weighted by Crippen LogP contribution is -2.43. The van der Waals surface area contributed by atoms with Gasteiger partial charge in [-0.3, -0.25) is 10.1 Å². The fourth-order valence-electron chi connectivity index (χ4n) is 2.70. The summed E-state index contributed by atoms with van der Waals surface area (Å²) >= 11 is 0. The molecule has 1 aromatic carbocycles. The highest BCUT2D eigenvalue weighted by Crippen LogP contribution is 2.33. The maximum Gasteiger partial charge on any atom is 0.244 e. The van der Waals surface area contributed by atoms with Crippen LogP contribution >= 0.6 is 0 Å². The van der Waals surface area contributed by atoms with Crippen molar-refractivity contribution in [2.24, 2.45) is 5.92 Å². The quantitative estimate of drug-likeness (QED) is 0.901. The van der Waals surface area contributed by atoms with E-state index in [4.69, 9.17) is 0 Å². The summed E-state index contributed by atoms with van der Waals surface area (Å²) in [5.74, 6) is 0.370. The summed E-state index contributed by atoms with van der Waals surface area (Å²) in [6, 6.07) is 6.50. The van der Waals surface area contributed by atoms with Crippen LogP contribution in [0.4, 0.5) is 4.39 Å². The predicted octanol–water partition coefficient (Wildman–Crippen LogP) is 3.47. The molecule has 0 bridgehead atoms. The van der Waals surface area contributed by atoms with Crippen LogP contribution in [0.15, 0.2) is 24.3 Å². The topological polar surface area (TPSA) is 32.3 Å². The van der Waals surface area contributed by atoms with Crippen molar-refractivity contribution in [3.8, 4) is 0 Å². The number of nitrogens with zero attached hydrogens (tertiary/aromatic N) is 1. The molecule has 3 nitrogen and oxygen atoms in total. The third kappa shape index (κ3) is 3.26. The smallest absolute Gasteiger partial charge is 0.244 e. The van der Waals surface area contributed by atoms with Crippen molar-refractivity contribution in [2.45, 2.75) is 52.2 Å². The molecule has 0 aliphatic carbocycles. The van der Waals surface area contributed by atoms with Gasteiger partial charge in [-0.05, 0) is 43.4 Å². The highest BCUT2D eigenvalue weighted by atomic mass is 19.1.